The number of hydrogen-bond donors (Lipinski definition) is 1. The number of nitrogens with zero attached hydrogens (tertiary/aromatic N) is 2. The SMILES string of the molecule is CNC(C)CCc1ccc(-n2cccn2)cc1. The van der Waals surface area contributed by atoms with E-state index in [1.807, 2.05) is 24.0 Å². The van der Waals surface area contributed by atoms with Crippen molar-refractivity contribution in [3.8, 4) is 5.69 Å². The Morgan fingerprint density at radius 2 is 2.06 bits per heavy atom. The number of benzene rings is 1. The van der Waals surface area contributed by atoms with E-state index in [1.165, 1.54) is 5.56 Å². The van der Waals surface area contributed by atoms with Crippen molar-refractivity contribution in [2.45, 2.75) is 25.8 Å². The van der Waals surface area contributed by atoms with Gasteiger partial charge in [-0.15, -0.1) is 0 Å². The van der Waals surface area contributed by atoms with Crippen LogP contribution in [0.2, 0.25) is 0 Å². The predicted molar refractivity (Wildman–Crippen MR) is 70.4 cm³/mol. The van der Waals surface area contributed by atoms with E-state index in [2.05, 4.69) is 41.6 Å². The minimum absolute atomic E-state index is 0.570. The molecule has 0 aliphatic carbocycles. The molecule has 0 bridgehead atoms. The topological polar surface area (TPSA) is 29.9 Å². The fourth-order valence-corrected chi connectivity index (χ4v) is 1.76. The van der Waals surface area contributed by atoms with E-state index in [-0.39, 0.29) is 0 Å². The molecule has 0 fully saturated rings. The Morgan fingerprint density at radius 3 is 2.65 bits per heavy atom. The Kier molecular flexibility index (Phi) is 3.94. The van der Waals surface area contributed by atoms with Gasteiger partial charge in [-0.25, -0.2) is 4.68 Å². The van der Waals surface area contributed by atoms with Crippen LogP contribution in [0.25, 0.3) is 5.69 Å². The second-order valence-corrected chi connectivity index (χ2v) is 4.35. The molecule has 17 heavy (non-hydrogen) atoms. The van der Waals surface area contributed by atoms with Crippen LogP contribution in [-0.2, 0) is 6.42 Å². The normalized spacial score (nSPS) is 12.6. The average Bonchev–Trinajstić information content (AvgIpc) is 2.90. The molecule has 0 saturated carbocycles. The first-order valence-corrected chi connectivity index (χ1v) is 6.06. The van der Waals surface area contributed by atoms with Crippen LogP contribution < -0.4 is 5.32 Å². The van der Waals surface area contributed by atoms with Gasteiger partial charge in [-0.2, -0.15) is 5.10 Å². The predicted octanol–water partition coefficient (Wildman–Crippen LogP) is 2.41. The van der Waals surface area contributed by atoms with Gasteiger partial charge in [0.15, 0.2) is 0 Å². The van der Waals surface area contributed by atoms with Crippen molar-refractivity contribution in [1.29, 1.82) is 0 Å². The lowest BCUT2D eigenvalue weighted by molar-refractivity contribution is 0.565. The third kappa shape index (κ3) is 3.17. The lowest BCUT2D eigenvalue weighted by Gasteiger charge is -2.10. The summed E-state index contributed by atoms with van der Waals surface area (Å²) in [4.78, 5) is 0. The van der Waals surface area contributed by atoms with Gasteiger partial charge < -0.3 is 5.32 Å². The molecule has 1 N–H and O–H groups in total. The van der Waals surface area contributed by atoms with Crippen LogP contribution in [-0.4, -0.2) is 22.9 Å². The van der Waals surface area contributed by atoms with Gasteiger partial charge in [0.05, 0.1) is 5.69 Å². The summed E-state index contributed by atoms with van der Waals surface area (Å²) < 4.78 is 1.88. The molecule has 1 aromatic heterocycles. The molecule has 0 saturated heterocycles. The third-order valence-corrected chi connectivity index (χ3v) is 3.06. The molecule has 2 rings (SSSR count). The summed E-state index contributed by atoms with van der Waals surface area (Å²) in [7, 11) is 2.01. The molecule has 3 heteroatoms. The molecular formula is C14H19N3. The minimum Gasteiger partial charge on any atom is -0.317 e. The van der Waals surface area contributed by atoms with Crippen LogP contribution in [0, 0.1) is 0 Å². The highest BCUT2D eigenvalue weighted by molar-refractivity contribution is 5.33. The van der Waals surface area contributed by atoms with Gasteiger partial charge in [-0.1, -0.05) is 12.1 Å². The Hall–Kier alpha value is -1.61. The summed E-state index contributed by atoms with van der Waals surface area (Å²) in [6.45, 7) is 2.21. The van der Waals surface area contributed by atoms with Gasteiger partial charge in [0.1, 0.15) is 0 Å². The van der Waals surface area contributed by atoms with E-state index < -0.39 is 0 Å². The molecule has 0 radical (unpaired) electrons. The van der Waals surface area contributed by atoms with Crippen LogP contribution >= 0.6 is 0 Å². The summed E-state index contributed by atoms with van der Waals surface area (Å²) in [6.07, 6.45) is 6.03. The summed E-state index contributed by atoms with van der Waals surface area (Å²) in [5.41, 5.74) is 2.49. The summed E-state index contributed by atoms with van der Waals surface area (Å²) in [5.74, 6) is 0. The van der Waals surface area contributed by atoms with Crippen LogP contribution in [0.1, 0.15) is 18.9 Å². The maximum Gasteiger partial charge on any atom is 0.0645 e. The third-order valence-electron chi connectivity index (χ3n) is 3.06. The molecule has 0 amide bonds. The molecule has 90 valence electrons. The second-order valence-electron chi connectivity index (χ2n) is 4.35. The van der Waals surface area contributed by atoms with E-state index in [0.29, 0.717) is 6.04 Å². The van der Waals surface area contributed by atoms with Gasteiger partial charge in [0, 0.05) is 18.4 Å². The molecule has 0 aliphatic heterocycles. The van der Waals surface area contributed by atoms with E-state index in [9.17, 15) is 0 Å². The molecule has 1 aromatic carbocycles. The van der Waals surface area contributed by atoms with Crippen molar-refractivity contribution in [3.63, 3.8) is 0 Å². The Balaban J connectivity index is 1.99. The zero-order valence-electron chi connectivity index (χ0n) is 10.4. The zero-order valence-corrected chi connectivity index (χ0v) is 10.4. The van der Waals surface area contributed by atoms with Crippen LogP contribution in [0.15, 0.2) is 42.7 Å². The molecule has 1 unspecified atom stereocenters. The highest BCUT2D eigenvalue weighted by Crippen LogP contribution is 2.10. The van der Waals surface area contributed by atoms with Crippen molar-refractivity contribution in [3.05, 3.63) is 48.3 Å². The molecule has 0 spiro atoms. The standard InChI is InChI=1S/C14H19N3/c1-12(15-2)4-5-13-6-8-14(9-7-13)17-11-3-10-16-17/h3,6-12,15H,4-5H2,1-2H3. The van der Waals surface area contributed by atoms with Crippen molar-refractivity contribution in [2.75, 3.05) is 7.05 Å². The highest BCUT2D eigenvalue weighted by atomic mass is 15.3. The quantitative estimate of drug-likeness (QED) is 0.853. The fraction of sp³-hybridized carbons (Fsp3) is 0.357. The van der Waals surface area contributed by atoms with E-state index in [1.54, 1.807) is 6.20 Å². The lowest BCUT2D eigenvalue weighted by atomic mass is 10.1. The maximum absolute atomic E-state index is 4.21. The Labute approximate surface area is 102 Å². The average molecular weight is 229 g/mol. The first-order chi connectivity index (χ1) is 8.29. The van der Waals surface area contributed by atoms with E-state index in [0.717, 1.165) is 18.5 Å². The Morgan fingerprint density at radius 1 is 1.29 bits per heavy atom. The van der Waals surface area contributed by atoms with Crippen molar-refractivity contribution in [1.82, 2.24) is 15.1 Å². The number of aromatic nitrogens is 2. The molecule has 3 nitrogen and oxygen atoms in total. The van der Waals surface area contributed by atoms with Crippen molar-refractivity contribution < 1.29 is 0 Å². The fourth-order valence-electron chi connectivity index (χ4n) is 1.76. The first kappa shape index (κ1) is 11.9. The highest BCUT2D eigenvalue weighted by Gasteiger charge is 2.00. The summed E-state index contributed by atoms with van der Waals surface area (Å²) >= 11 is 0. The van der Waals surface area contributed by atoms with Gasteiger partial charge in [0.2, 0.25) is 0 Å². The maximum atomic E-state index is 4.21. The number of hydrogen-bond acceptors (Lipinski definition) is 2. The number of aryl methyl sites for hydroxylation is 1. The van der Waals surface area contributed by atoms with E-state index >= 15 is 0 Å². The second kappa shape index (κ2) is 5.64. The molecule has 1 heterocycles. The van der Waals surface area contributed by atoms with E-state index in [4.69, 9.17) is 0 Å². The molecule has 1 atom stereocenters. The molecule has 2 aromatic rings. The monoisotopic (exact) mass is 229 g/mol. The smallest absolute Gasteiger partial charge is 0.0645 e. The number of rotatable bonds is 5. The van der Waals surface area contributed by atoms with Crippen LogP contribution in [0.4, 0.5) is 0 Å². The molecular weight excluding hydrogens is 210 g/mol. The van der Waals surface area contributed by atoms with Gasteiger partial charge in [0.25, 0.3) is 0 Å². The largest absolute Gasteiger partial charge is 0.317 e. The van der Waals surface area contributed by atoms with Crippen LogP contribution in [0.3, 0.4) is 0 Å². The summed E-state index contributed by atoms with van der Waals surface area (Å²) in [6, 6.07) is 11.1. The molecule has 0 aliphatic rings. The zero-order chi connectivity index (χ0) is 12.1. The van der Waals surface area contributed by atoms with Gasteiger partial charge in [-0.05, 0) is 50.6 Å². The van der Waals surface area contributed by atoms with Gasteiger partial charge >= 0.3 is 0 Å². The minimum atomic E-state index is 0.570. The van der Waals surface area contributed by atoms with Crippen molar-refractivity contribution in [2.24, 2.45) is 0 Å². The van der Waals surface area contributed by atoms with Crippen LogP contribution in [0.5, 0.6) is 0 Å². The van der Waals surface area contributed by atoms with Crippen molar-refractivity contribution >= 4 is 0 Å². The lowest BCUT2D eigenvalue weighted by Crippen LogP contribution is -2.21. The first-order valence-electron chi connectivity index (χ1n) is 6.06. The van der Waals surface area contributed by atoms with Gasteiger partial charge in [-0.3, -0.25) is 0 Å². The Bertz CT molecular complexity index is 431. The number of nitrogens with one attached hydrogen (secondary N) is 1. The summed E-state index contributed by atoms with van der Waals surface area (Å²) in [5, 5.41) is 7.47.